The Kier molecular flexibility index (Phi) is 5.63. The van der Waals surface area contributed by atoms with Gasteiger partial charge in [-0.15, -0.1) is 11.3 Å². The number of nitrogens with zero attached hydrogens (tertiary/aromatic N) is 2. The van der Waals surface area contributed by atoms with Gasteiger partial charge in [-0.1, -0.05) is 30.3 Å². The first-order chi connectivity index (χ1) is 14.2. The SMILES string of the molecule is COc1ccc(CC(=O)Nc2cccc(-c3csc(-c4ccccn4)n3)c2)cc1. The van der Waals surface area contributed by atoms with Gasteiger partial charge in [0.2, 0.25) is 5.91 Å². The Balaban J connectivity index is 1.46. The topological polar surface area (TPSA) is 64.1 Å². The third kappa shape index (κ3) is 4.67. The zero-order valence-electron chi connectivity index (χ0n) is 15.8. The number of methoxy groups -OCH3 is 1. The Bertz CT molecular complexity index is 1110. The molecule has 0 radical (unpaired) electrons. The van der Waals surface area contributed by atoms with Crippen LogP contribution in [0.1, 0.15) is 5.56 Å². The summed E-state index contributed by atoms with van der Waals surface area (Å²) in [5.74, 6) is 0.704. The lowest BCUT2D eigenvalue weighted by molar-refractivity contribution is -0.115. The van der Waals surface area contributed by atoms with Gasteiger partial charge in [0, 0.05) is 22.8 Å². The number of rotatable bonds is 6. The van der Waals surface area contributed by atoms with Gasteiger partial charge >= 0.3 is 0 Å². The third-order valence-corrected chi connectivity index (χ3v) is 5.22. The zero-order chi connectivity index (χ0) is 20.1. The maximum atomic E-state index is 12.4. The van der Waals surface area contributed by atoms with Crippen molar-refractivity contribution in [3.8, 4) is 27.7 Å². The van der Waals surface area contributed by atoms with Gasteiger partial charge in [-0.2, -0.15) is 0 Å². The van der Waals surface area contributed by atoms with Crippen molar-refractivity contribution in [1.29, 1.82) is 0 Å². The zero-order valence-corrected chi connectivity index (χ0v) is 16.6. The lowest BCUT2D eigenvalue weighted by Gasteiger charge is -2.07. The van der Waals surface area contributed by atoms with E-state index in [2.05, 4.69) is 15.3 Å². The number of pyridine rings is 1. The number of hydrogen-bond donors (Lipinski definition) is 1. The molecule has 4 rings (SSSR count). The van der Waals surface area contributed by atoms with Crippen LogP contribution in [0.5, 0.6) is 5.75 Å². The molecule has 0 saturated carbocycles. The van der Waals surface area contributed by atoms with Crippen LogP contribution >= 0.6 is 11.3 Å². The molecule has 5 nitrogen and oxygen atoms in total. The van der Waals surface area contributed by atoms with E-state index in [1.165, 1.54) is 0 Å². The lowest BCUT2D eigenvalue weighted by atomic mass is 10.1. The van der Waals surface area contributed by atoms with Crippen molar-refractivity contribution in [3.05, 3.63) is 83.9 Å². The van der Waals surface area contributed by atoms with Gasteiger partial charge in [0.15, 0.2) is 0 Å². The van der Waals surface area contributed by atoms with Gasteiger partial charge in [-0.05, 0) is 42.0 Å². The Morgan fingerprint density at radius 3 is 2.66 bits per heavy atom. The maximum absolute atomic E-state index is 12.4. The molecule has 6 heteroatoms. The third-order valence-electron chi connectivity index (χ3n) is 4.35. The van der Waals surface area contributed by atoms with Crippen LogP contribution in [0.25, 0.3) is 22.0 Å². The summed E-state index contributed by atoms with van der Waals surface area (Å²) < 4.78 is 5.15. The highest BCUT2D eigenvalue weighted by atomic mass is 32.1. The summed E-state index contributed by atoms with van der Waals surface area (Å²) in [7, 11) is 1.62. The molecule has 29 heavy (non-hydrogen) atoms. The Morgan fingerprint density at radius 2 is 1.90 bits per heavy atom. The van der Waals surface area contributed by atoms with Crippen LogP contribution in [0.3, 0.4) is 0 Å². The van der Waals surface area contributed by atoms with Crippen molar-refractivity contribution in [1.82, 2.24) is 9.97 Å². The average Bonchev–Trinajstić information content (AvgIpc) is 3.25. The fourth-order valence-electron chi connectivity index (χ4n) is 2.90. The Morgan fingerprint density at radius 1 is 1.03 bits per heavy atom. The van der Waals surface area contributed by atoms with Crippen molar-refractivity contribution < 1.29 is 9.53 Å². The second-order valence-corrected chi connectivity index (χ2v) is 7.26. The maximum Gasteiger partial charge on any atom is 0.228 e. The molecule has 0 spiro atoms. The van der Waals surface area contributed by atoms with E-state index in [0.29, 0.717) is 6.42 Å². The second kappa shape index (κ2) is 8.67. The Labute approximate surface area is 173 Å². The molecule has 2 aromatic heterocycles. The molecule has 0 atom stereocenters. The Hall–Kier alpha value is -3.51. The fourth-order valence-corrected chi connectivity index (χ4v) is 3.71. The standard InChI is InChI=1S/C23H19N3O2S/c1-28-19-10-8-16(9-11-19)13-22(27)25-18-6-4-5-17(14-18)21-15-29-23(26-21)20-7-2-3-12-24-20/h2-12,14-15H,13H2,1H3,(H,25,27). The van der Waals surface area contributed by atoms with Gasteiger partial charge in [0.05, 0.1) is 24.9 Å². The molecule has 2 heterocycles. The van der Waals surface area contributed by atoms with Crippen LogP contribution in [-0.4, -0.2) is 23.0 Å². The monoisotopic (exact) mass is 401 g/mol. The summed E-state index contributed by atoms with van der Waals surface area (Å²) in [6.45, 7) is 0. The molecular formula is C23H19N3O2S. The number of anilines is 1. The molecule has 0 unspecified atom stereocenters. The molecule has 2 aromatic carbocycles. The first-order valence-electron chi connectivity index (χ1n) is 9.11. The second-order valence-electron chi connectivity index (χ2n) is 6.41. The van der Waals surface area contributed by atoms with Gasteiger partial charge in [0.25, 0.3) is 0 Å². The van der Waals surface area contributed by atoms with Gasteiger partial charge in [-0.3, -0.25) is 9.78 Å². The highest BCUT2D eigenvalue weighted by molar-refractivity contribution is 7.13. The van der Waals surface area contributed by atoms with E-state index in [9.17, 15) is 4.79 Å². The van der Waals surface area contributed by atoms with Gasteiger partial charge in [0.1, 0.15) is 10.8 Å². The molecule has 0 fully saturated rings. The van der Waals surface area contributed by atoms with E-state index in [-0.39, 0.29) is 5.91 Å². The minimum absolute atomic E-state index is 0.0697. The van der Waals surface area contributed by atoms with Crippen LogP contribution in [0.2, 0.25) is 0 Å². The average molecular weight is 401 g/mol. The number of thiazole rings is 1. The number of hydrogen-bond acceptors (Lipinski definition) is 5. The molecule has 0 saturated heterocycles. The van der Waals surface area contributed by atoms with E-state index in [4.69, 9.17) is 4.74 Å². The molecule has 0 aliphatic carbocycles. The molecule has 1 amide bonds. The highest BCUT2D eigenvalue weighted by Gasteiger charge is 2.09. The predicted molar refractivity (Wildman–Crippen MR) is 116 cm³/mol. The van der Waals surface area contributed by atoms with E-state index in [1.54, 1.807) is 24.6 Å². The van der Waals surface area contributed by atoms with E-state index < -0.39 is 0 Å². The number of amides is 1. The fraction of sp³-hybridized carbons (Fsp3) is 0.0870. The molecular weight excluding hydrogens is 382 g/mol. The summed E-state index contributed by atoms with van der Waals surface area (Å²) in [5.41, 5.74) is 4.34. The summed E-state index contributed by atoms with van der Waals surface area (Å²) in [6.07, 6.45) is 2.06. The number of ether oxygens (including phenoxy) is 1. The number of aromatic nitrogens is 2. The minimum atomic E-state index is -0.0697. The number of nitrogens with one attached hydrogen (secondary N) is 1. The molecule has 144 valence electrons. The minimum Gasteiger partial charge on any atom is -0.497 e. The van der Waals surface area contributed by atoms with Crippen molar-refractivity contribution in [2.45, 2.75) is 6.42 Å². The van der Waals surface area contributed by atoms with Crippen LogP contribution < -0.4 is 10.1 Å². The molecule has 4 aromatic rings. The van der Waals surface area contributed by atoms with Crippen molar-refractivity contribution in [2.75, 3.05) is 12.4 Å². The van der Waals surface area contributed by atoms with Crippen LogP contribution in [0.15, 0.2) is 78.3 Å². The lowest BCUT2D eigenvalue weighted by Crippen LogP contribution is -2.14. The number of benzene rings is 2. The highest BCUT2D eigenvalue weighted by Crippen LogP contribution is 2.29. The van der Waals surface area contributed by atoms with E-state index in [0.717, 1.165) is 39.0 Å². The normalized spacial score (nSPS) is 10.5. The summed E-state index contributed by atoms with van der Waals surface area (Å²) >= 11 is 1.55. The quantitative estimate of drug-likeness (QED) is 0.490. The molecule has 0 aliphatic heterocycles. The predicted octanol–water partition coefficient (Wildman–Crippen LogP) is 5.06. The largest absolute Gasteiger partial charge is 0.497 e. The van der Waals surface area contributed by atoms with E-state index in [1.807, 2.05) is 72.1 Å². The first-order valence-corrected chi connectivity index (χ1v) is 9.99. The van der Waals surface area contributed by atoms with Crippen molar-refractivity contribution in [3.63, 3.8) is 0 Å². The molecule has 1 N–H and O–H groups in total. The van der Waals surface area contributed by atoms with Crippen molar-refractivity contribution >= 4 is 22.9 Å². The van der Waals surface area contributed by atoms with Gasteiger partial charge in [-0.25, -0.2) is 4.98 Å². The summed E-state index contributed by atoms with van der Waals surface area (Å²) in [5, 5.41) is 5.83. The summed E-state index contributed by atoms with van der Waals surface area (Å²) in [6, 6.07) is 21.0. The van der Waals surface area contributed by atoms with Crippen molar-refractivity contribution in [2.24, 2.45) is 0 Å². The van der Waals surface area contributed by atoms with Crippen LogP contribution in [0, 0.1) is 0 Å². The van der Waals surface area contributed by atoms with Crippen LogP contribution in [-0.2, 0) is 11.2 Å². The van der Waals surface area contributed by atoms with E-state index >= 15 is 0 Å². The molecule has 0 bridgehead atoms. The van der Waals surface area contributed by atoms with Crippen LogP contribution in [0.4, 0.5) is 5.69 Å². The molecule has 0 aliphatic rings. The van der Waals surface area contributed by atoms with Gasteiger partial charge < -0.3 is 10.1 Å². The first kappa shape index (κ1) is 18.8. The smallest absolute Gasteiger partial charge is 0.228 e. The number of carbonyl (C=O) groups is 1. The number of carbonyl (C=O) groups excluding carboxylic acids is 1. The summed E-state index contributed by atoms with van der Waals surface area (Å²) in [4.78, 5) is 21.4.